The Morgan fingerprint density at radius 1 is 1.80 bits per heavy atom. The summed E-state index contributed by atoms with van der Waals surface area (Å²) < 4.78 is 0. The van der Waals surface area contributed by atoms with Crippen LogP contribution < -0.4 is 5.32 Å². The smallest absolute Gasteiger partial charge is 0.240 e. The van der Waals surface area contributed by atoms with E-state index in [4.69, 9.17) is 5.26 Å². The Morgan fingerprint density at radius 3 is 3.00 bits per heavy atom. The van der Waals surface area contributed by atoms with Crippen LogP contribution in [0.1, 0.15) is 26.0 Å². The molecule has 0 bridgehead atoms. The van der Waals surface area contributed by atoms with Crippen molar-refractivity contribution < 1.29 is 4.79 Å². The fraction of sp³-hybridized carbons (Fsp3) is 0.500. The molecule has 1 aromatic rings. The number of amides is 1. The lowest BCUT2D eigenvalue weighted by Crippen LogP contribution is -2.37. The minimum atomic E-state index is -0.935. The van der Waals surface area contributed by atoms with Gasteiger partial charge in [0.2, 0.25) is 5.91 Å². The largest absolute Gasteiger partial charge is 0.349 e. The Bertz CT molecular complexity index is 369. The van der Waals surface area contributed by atoms with E-state index in [0.717, 1.165) is 5.69 Å². The van der Waals surface area contributed by atoms with Crippen molar-refractivity contribution >= 4 is 17.2 Å². The average molecular weight is 223 g/mol. The summed E-state index contributed by atoms with van der Waals surface area (Å²) in [6.07, 6.45) is 0.506. The number of nitrogens with one attached hydrogen (secondary N) is 1. The first-order chi connectivity index (χ1) is 7.12. The van der Waals surface area contributed by atoms with E-state index in [2.05, 4.69) is 10.3 Å². The summed E-state index contributed by atoms with van der Waals surface area (Å²) in [6, 6.07) is 2.03. The van der Waals surface area contributed by atoms with Crippen molar-refractivity contribution in [3.05, 3.63) is 16.6 Å². The molecule has 0 aliphatic rings. The van der Waals surface area contributed by atoms with Crippen molar-refractivity contribution in [1.82, 2.24) is 10.3 Å². The Hall–Kier alpha value is -1.41. The first-order valence-electron chi connectivity index (χ1n) is 4.69. The highest BCUT2D eigenvalue weighted by atomic mass is 32.1. The second kappa shape index (κ2) is 4.89. The van der Waals surface area contributed by atoms with Gasteiger partial charge in [0.15, 0.2) is 0 Å². The number of hydrogen-bond donors (Lipinski definition) is 1. The average Bonchev–Trinajstić information content (AvgIpc) is 2.77. The number of nitriles is 1. The summed E-state index contributed by atoms with van der Waals surface area (Å²) in [7, 11) is 0. The van der Waals surface area contributed by atoms with E-state index in [9.17, 15) is 4.79 Å². The summed E-state index contributed by atoms with van der Waals surface area (Å²) >= 11 is 1.48. The van der Waals surface area contributed by atoms with Gasteiger partial charge in [0, 0.05) is 5.38 Å². The highest BCUT2D eigenvalue weighted by molar-refractivity contribution is 7.07. The first-order valence-corrected chi connectivity index (χ1v) is 5.63. The lowest BCUT2D eigenvalue weighted by Gasteiger charge is -2.17. The van der Waals surface area contributed by atoms with Crippen LogP contribution in [0, 0.1) is 16.7 Å². The summed E-state index contributed by atoms with van der Waals surface area (Å²) in [4.78, 5) is 15.7. The molecule has 5 heteroatoms. The van der Waals surface area contributed by atoms with E-state index in [1.807, 2.05) is 18.4 Å². The minimum Gasteiger partial charge on any atom is -0.349 e. The maximum Gasteiger partial charge on any atom is 0.240 e. The van der Waals surface area contributed by atoms with Crippen molar-refractivity contribution in [2.45, 2.75) is 26.8 Å². The van der Waals surface area contributed by atoms with Gasteiger partial charge in [-0.3, -0.25) is 4.79 Å². The molecule has 0 radical (unpaired) electrons. The molecule has 1 atom stereocenters. The molecule has 1 amide bonds. The molecule has 0 saturated carbocycles. The van der Waals surface area contributed by atoms with Crippen molar-refractivity contribution in [2.24, 2.45) is 5.41 Å². The molecule has 0 spiro atoms. The Kier molecular flexibility index (Phi) is 3.81. The van der Waals surface area contributed by atoms with Gasteiger partial charge in [-0.15, -0.1) is 11.3 Å². The van der Waals surface area contributed by atoms with Crippen molar-refractivity contribution in [1.29, 1.82) is 5.26 Å². The molecule has 0 aliphatic heterocycles. The van der Waals surface area contributed by atoms with Gasteiger partial charge in [0.1, 0.15) is 5.41 Å². The van der Waals surface area contributed by atoms with E-state index in [1.54, 1.807) is 12.4 Å². The molecule has 1 unspecified atom stereocenters. The maximum atomic E-state index is 11.7. The normalized spacial score (nSPS) is 13.9. The van der Waals surface area contributed by atoms with Crippen LogP contribution in [0.4, 0.5) is 0 Å². The van der Waals surface area contributed by atoms with Crippen LogP contribution in [0.2, 0.25) is 0 Å². The van der Waals surface area contributed by atoms with Crippen LogP contribution in [0.5, 0.6) is 0 Å². The Labute approximate surface area is 92.9 Å². The standard InChI is InChI=1S/C10H13N3OS/c1-3-10(2,6-11)9(14)12-4-8-5-15-7-13-8/h5,7H,3-4H2,1-2H3,(H,12,14). The van der Waals surface area contributed by atoms with Gasteiger partial charge >= 0.3 is 0 Å². The second-order valence-corrected chi connectivity index (χ2v) is 4.18. The lowest BCUT2D eigenvalue weighted by atomic mass is 9.88. The zero-order valence-corrected chi connectivity index (χ0v) is 9.60. The molecular weight excluding hydrogens is 210 g/mol. The summed E-state index contributed by atoms with van der Waals surface area (Å²) in [5.41, 5.74) is 1.60. The van der Waals surface area contributed by atoms with Gasteiger partial charge in [-0.25, -0.2) is 4.98 Å². The third kappa shape index (κ3) is 2.77. The Morgan fingerprint density at radius 2 is 2.53 bits per heavy atom. The molecule has 15 heavy (non-hydrogen) atoms. The monoisotopic (exact) mass is 223 g/mol. The quantitative estimate of drug-likeness (QED) is 0.844. The number of carbonyl (C=O) groups excluding carboxylic acids is 1. The zero-order chi connectivity index (χ0) is 11.3. The molecule has 1 aromatic heterocycles. The summed E-state index contributed by atoms with van der Waals surface area (Å²) in [6.45, 7) is 3.86. The molecule has 1 rings (SSSR count). The van der Waals surface area contributed by atoms with Crippen LogP contribution in [0.15, 0.2) is 10.9 Å². The van der Waals surface area contributed by atoms with Gasteiger partial charge in [-0.2, -0.15) is 5.26 Å². The highest BCUT2D eigenvalue weighted by Crippen LogP contribution is 2.19. The van der Waals surface area contributed by atoms with E-state index < -0.39 is 5.41 Å². The first kappa shape index (κ1) is 11.7. The fourth-order valence-corrected chi connectivity index (χ4v) is 1.54. The van der Waals surface area contributed by atoms with Gasteiger partial charge < -0.3 is 5.32 Å². The van der Waals surface area contributed by atoms with Gasteiger partial charge in [-0.05, 0) is 13.3 Å². The second-order valence-electron chi connectivity index (χ2n) is 3.46. The third-order valence-corrected chi connectivity index (χ3v) is 3.00. The predicted molar refractivity (Wildman–Crippen MR) is 58.0 cm³/mol. The van der Waals surface area contributed by atoms with E-state index >= 15 is 0 Å². The van der Waals surface area contributed by atoms with Crippen LogP contribution in [-0.2, 0) is 11.3 Å². The summed E-state index contributed by atoms with van der Waals surface area (Å²) in [5.74, 6) is -0.236. The van der Waals surface area contributed by atoms with Crippen molar-refractivity contribution in [2.75, 3.05) is 0 Å². The maximum absolute atomic E-state index is 11.7. The van der Waals surface area contributed by atoms with Crippen molar-refractivity contribution in [3.8, 4) is 6.07 Å². The molecule has 0 aromatic carbocycles. The van der Waals surface area contributed by atoms with Crippen LogP contribution in [0.3, 0.4) is 0 Å². The zero-order valence-electron chi connectivity index (χ0n) is 8.78. The van der Waals surface area contributed by atoms with Gasteiger partial charge in [0.05, 0.1) is 23.8 Å². The lowest BCUT2D eigenvalue weighted by molar-refractivity contribution is -0.127. The van der Waals surface area contributed by atoms with Crippen LogP contribution in [0.25, 0.3) is 0 Å². The van der Waals surface area contributed by atoms with E-state index in [1.165, 1.54) is 11.3 Å². The van der Waals surface area contributed by atoms with E-state index in [-0.39, 0.29) is 5.91 Å². The van der Waals surface area contributed by atoms with Gasteiger partial charge in [0.25, 0.3) is 0 Å². The fourth-order valence-electron chi connectivity index (χ4n) is 0.981. The number of hydrogen-bond acceptors (Lipinski definition) is 4. The molecular formula is C10H13N3OS. The van der Waals surface area contributed by atoms with Crippen LogP contribution >= 0.6 is 11.3 Å². The summed E-state index contributed by atoms with van der Waals surface area (Å²) in [5, 5.41) is 13.5. The molecule has 80 valence electrons. The van der Waals surface area contributed by atoms with Crippen molar-refractivity contribution in [3.63, 3.8) is 0 Å². The molecule has 0 fully saturated rings. The number of aromatic nitrogens is 1. The number of carbonyl (C=O) groups is 1. The minimum absolute atomic E-state index is 0.236. The number of rotatable bonds is 4. The van der Waals surface area contributed by atoms with E-state index in [0.29, 0.717) is 13.0 Å². The molecule has 0 saturated heterocycles. The SMILES string of the molecule is CCC(C)(C#N)C(=O)NCc1cscn1. The highest BCUT2D eigenvalue weighted by Gasteiger charge is 2.30. The molecule has 1 N–H and O–H groups in total. The third-order valence-electron chi connectivity index (χ3n) is 2.37. The Balaban J connectivity index is 2.53. The topological polar surface area (TPSA) is 65.8 Å². The number of nitrogens with zero attached hydrogens (tertiary/aromatic N) is 2. The predicted octanol–water partition coefficient (Wildman–Crippen LogP) is 1.70. The molecule has 0 aliphatic carbocycles. The van der Waals surface area contributed by atoms with Gasteiger partial charge in [-0.1, -0.05) is 6.92 Å². The molecule has 1 heterocycles. The number of thiazole rings is 1. The van der Waals surface area contributed by atoms with Crippen LogP contribution in [-0.4, -0.2) is 10.9 Å². The molecule has 4 nitrogen and oxygen atoms in total.